The van der Waals surface area contributed by atoms with Crippen molar-refractivity contribution >= 4 is 15.7 Å². The number of methoxy groups -OCH3 is 2. The predicted octanol–water partition coefficient (Wildman–Crippen LogP) is 4.86. The molecule has 158 valence electrons. The van der Waals surface area contributed by atoms with Gasteiger partial charge >= 0.3 is 0 Å². The molecule has 3 aromatic rings. The van der Waals surface area contributed by atoms with Gasteiger partial charge in [-0.3, -0.25) is 4.31 Å². The number of halogens is 1. The molecule has 7 heteroatoms. The maximum atomic E-state index is 13.6. The molecule has 3 rings (SSSR count). The first-order valence-electron chi connectivity index (χ1n) is 9.32. The minimum atomic E-state index is -3.95. The largest absolute Gasteiger partial charge is 0.493 e. The molecule has 0 N–H and O–H groups in total. The highest BCUT2D eigenvalue weighted by Crippen LogP contribution is 2.32. The highest BCUT2D eigenvalue weighted by Gasteiger charge is 2.27. The van der Waals surface area contributed by atoms with E-state index in [0.29, 0.717) is 22.7 Å². The van der Waals surface area contributed by atoms with Crippen LogP contribution in [0.5, 0.6) is 11.5 Å². The standard InChI is InChI=1S/C23H24FNO4S/c1-16-5-9-20(10-6-16)25(15-18-7-11-21(28-3)22(14-18)29-4)30(26,27)23-12-8-19(24)13-17(23)2/h5-14H,15H2,1-4H3. The fourth-order valence-corrected chi connectivity index (χ4v) is 4.85. The molecule has 0 aliphatic heterocycles. The van der Waals surface area contributed by atoms with Crippen molar-refractivity contribution in [2.75, 3.05) is 18.5 Å². The maximum Gasteiger partial charge on any atom is 0.264 e. The third-order valence-electron chi connectivity index (χ3n) is 4.80. The van der Waals surface area contributed by atoms with Gasteiger partial charge < -0.3 is 9.47 Å². The first kappa shape index (κ1) is 21.6. The van der Waals surface area contributed by atoms with Crippen molar-refractivity contribution in [3.63, 3.8) is 0 Å². The number of nitrogens with zero attached hydrogens (tertiary/aromatic N) is 1. The van der Waals surface area contributed by atoms with Gasteiger partial charge in [0.25, 0.3) is 10.0 Å². The summed E-state index contributed by atoms with van der Waals surface area (Å²) >= 11 is 0. The van der Waals surface area contributed by atoms with Crippen LogP contribution in [0.1, 0.15) is 16.7 Å². The van der Waals surface area contributed by atoms with Crippen LogP contribution in [0, 0.1) is 19.7 Å². The molecule has 0 aliphatic rings. The molecule has 0 radical (unpaired) electrons. The van der Waals surface area contributed by atoms with Crippen LogP contribution in [0.25, 0.3) is 0 Å². The lowest BCUT2D eigenvalue weighted by molar-refractivity contribution is 0.354. The third-order valence-corrected chi connectivity index (χ3v) is 6.74. The monoisotopic (exact) mass is 429 g/mol. The van der Waals surface area contributed by atoms with Crippen LogP contribution in [-0.4, -0.2) is 22.6 Å². The third kappa shape index (κ3) is 4.41. The number of benzene rings is 3. The van der Waals surface area contributed by atoms with Crippen LogP contribution >= 0.6 is 0 Å². The smallest absolute Gasteiger partial charge is 0.264 e. The van der Waals surface area contributed by atoms with Crippen LogP contribution in [0.15, 0.2) is 65.6 Å². The molecule has 30 heavy (non-hydrogen) atoms. The zero-order valence-electron chi connectivity index (χ0n) is 17.3. The average Bonchev–Trinajstić information content (AvgIpc) is 2.72. The number of anilines is 1. The summed E-state index contributed by atoms with van der Waals surface area (Å²) in [5.41, 5.74) is 2.59. The van der Waals surface area contributed by atoms with Crippen LogP contribution < -0.4 is 13.8 Å². The van der Waals surface area contributed by atoms with Crippen LogP contribution in [0.2, 0.25) is 0 Å². The molecule has 5 nitrogen and oxygen atoms in total. The highest BCUT2D eigenvalue weighted by atomic mass is 32.2. The van der Waals surface area contributed by atoms with Gasteiger partial charge in [0.2, 0.25) is 0 Å². The van der Waals surface area contributed by atoms with Gasteiger partial charge in [-0.2, -0.15) is 0 Å². The molecule has 0 amide bonds. The lowest BCUT2D eigenvalue weighted by atomic mass is 10.2. The molecule has 3 aromatic carbocycles. The molecule has 0 saturated heterocycles. The number of hydrogen-bond acceptors (Lipinski definition) is 4. The SMILES string of the molecule is COc1ccc(CN(c2ccc(C)cc2)S(=O)(=O)c2ccc(F)cc2C)cc1OC. The van der Waals surface area contributed by atoms with E-state index >= 15 is 0 Å². The Hall–Kier alpha value is -3.06. The first-order valence-corrected chi connectivity index (χ1v) is 10.8. The summed E-state index contributed by atoms with van der Waals surface area (Å²) in [4.78, 5) is 0.0601. The van der Waals surface area contributed by atoms with Crippen LogP contribution in [-0.2, 0) is 16.6 Å². The van der Waals surface area contributed by atoms with E-state index in [0.717, 1.165) is 17.2 Å². The van der Waals surface area contributed by atoms with E-state index in [1.165, 1.54) is 30.7 Å². The fraction of sp³-hybridized carbons (Fsp3) is 0.217. The van der Waals surface area contributed by atoms with E-state index in [1.54, 1.807) is 37.3 Å². The molecule has 0 aromatic heterocycles. The number of aryl methyl sites for hydroxylation is 2. The van der Waals surface area contributed by atoms with Crippen molar-refractivity contribution in [2.24, 2.45) is 0 Å². The molecule has 0 unspecified atom stereocenters. The molecule has 0 saturated carbocycles. The van der Waals surface area contributed by atoms with Gasteiger partial charge in [-0.1, -0.05) is 23.8 Å². The van der Waals surface area contributed by atoms with Gasteiger partial charge in [-0.25, -0.2) is 12.8 Å². The van der Waals surface area contributed by atoms with E-state index in [1.807, 2.05) is 19.1 Å². The Morgan fingerprint density at radius 3 is 2.13 bits per heavy atom. The van der Waals surface area contributed by atoms with Crippen molar-refractivity contribution in [1.29, 1.82) is 0 Å². The molecule has 0 atom stereocenters. The second-order valence-corrected chi connectivity index (χ2v) is 8.78. The van der Waals surface area contributed by atoms with E-state index in [4.69, 9.17) is 9.47 Å². The Balaban J connectivity index is 2.10. The van der Waals surface area contributed by atoms with E-state index in [9.17, 15) is 12.8 Å². The Kier molecular flexibility index (Phi) is 6.31. The minimum absolute atomic E-state index is 0.0601. The van der Waals surface area contributed by atoms with E-state index < -0.39 is 15.8 Å². The number of hydrogen-bond donors (Lipinski definition) is 0. The lowest BCUT2D eigenvalue weighted by Crippen LogP contribution is -2.31. The lowest BCUT2D eigenvalue weighted by Gasteiger charge is -2.26. The summed E-state index contributed by atoms with van der Waals surface area (Å²) < 4.78 is 52.7. The van der Waals surface area contributed by atoms with Gasteiger partial charge in [0, 0.05) is 0 Å². The van der Waals surface area contributed by atoms with Crippen molar-refractivity contribution < 1.29 is 22.3 Å². The summed E-state index contributed by atoms with van der Waals surface area (Å²) in [6, 6.07) is 16.2. The fourth-order valence-electron chi connectivity index (χ4n) is 3.19. The van der Waals surface area contributed by atoms with Gasteiger partial charge in [0.1, 0.15) is 5.82 Å². The van der Waals surface area contributed by atoms with Crippen molar-refractivity contribution in [3.05, 3.63) is 83.2 Å². The summed E-state index contributed by atoms with van der Waals surface area (Å²) in [6.45, 7) is 3.59. The molecule has 0 spiro atoms. The molecule has 0 heterocycles. The van der Waals surface area contributed by atoms with E-state index in [-0.39, 0.29) is 11.4 Å². The summed E-state index contributed by atoms with van der Waals surface area (Å²) in [6.07, 6.45) is 0. The first-order chi connectivity index (χ1) is 14.3. The Morgan fingerprint density at radius 2 is 1.53 bits per heavy atom. The topological polar surface area (TPSA) is 55.8 Å². The molecule has 0 aliphatic carbocycles. The van der Waals surface area contributed by atoms with Gasteiger partial charge in [0.15, 0.2) is 11.5 Å². The molecule has 0 bridgehead atoms. The Bertz CT molecular complexity index is 1140. The highest BCUT2D eigenvalue weighted by molar-refractivity contribution is 7.92. The summed E-state index contributed by atoms with van der Waals surface area (Å²) in [5.74, 6) is 0.586. The van der Waals surface area contributed by atoms with Gasteiger partial charge in [0.05, 0.1) is 31.3 Å². The number of sulfonamides is 1. The van der Waals surface area contributed by atoms with Gasteiger partial charge in [-0.15, -0.1) is 0 Å². The number of rotatable bonds is 7. The van der Waals surface area contributed by atoms with Crippen LogP contribution in [0.3, 0.4) is 0 Å². The number of ether oxygens (including phenoxy) is 2. The molecular weight excluding hydrogens is 405 g/mol. The predicted molar refractivity (Wildman–Crippen MR) is 115 cm³/mol. The molecule has 0 fully saturated rings. The van der Waals surface area contributed by atoms with Crippen molar-refractivity contribution in [3.8, 4) is 11.5 Å². The van der Waals surface area contributed by atoms with Crippen LogP contribution in [0.4, 0.5) is 10.1 Å². The van der Waals surface area contributed by atoms with Crippen molar-refractivity contribution in [2.45, 2.75) is 25.3 Å². The zero-order chi connectivity index (χ0) is 21.9. The second-order valence-electron chi connectivity index (χ2n) is 6.95. The zero-order valence-corrected chi connectivity index (χ0v) is 18.2. The Labute approximate surface area is 176 Å². The summed E-state index contributed by atoms with van der Waals surface area (Å²) in [5, 5.41) is 0. The quantitative estimate of drug-likeness (QED) is 0.539. The maximum absolute atomic E-state index is 13.6. The normalized spacial score (nSPS) is 11.2. The van der Waals surface area contributed by atoms with E-state index in [2.05, 4.69) is 0 Å². The second kappa shape index (κ2) is 8.75. The van der Waals surface area contributed by atoms with Crippen molar-refractivity contribution in [1.82, 2.24) is 0 Å². The molecular formula is C23H24FNO4S. The minimum Gasteiger partial charge on any atom is -0.493 e. The summed E-state index contributed by atoms with van der Waals surface area (Å²) in [7, 11) is -0.888. The average molecular weight is 430 g/mol. The Morgan fingerprint density at radius 1 is 0.867 bits per heavy atom. The van der Waals surface area contributed by atoms with Gasteiger partial charge in [-0.05, 0) is 67.4 Å².